The van der Waals surface area contributed by atoms with Gasteiger partial charge in [0.05, 0.1) is 18.8 Å². The first-order valence-corrected chi connectivity index (χ1v) is 27.0. The van der Waals surface area contributed by atoms with Crippen molar-refractivity contribution in [2.45, 2.75) is 236 Å². The molecular weight excluding hydrogens is 874 g/mol. The lowest BCUT2D eigenvalue weighted by Gasteiger charge is -2.43. The second kappa shape index (κ2) is 33.8. The number of epoxide rings is 1. The van der Waals surface area contributed by atoms with E-state index in [2.05, 4.69) is 42.7 Å². The Morgan fingerprint density at radius 1 is 0.562 bits per heavy atom. The Hall–Kier alpha value is -1.56. The quantitative estimate of drug-likeness (QED) is 0.0101. The molecule has 1 heterocycles. The number of ether oxygens (including phenoxy) is 3. The summed E-state index contributed by atoms with van der Waals surface area (Å²) < 4.78 is 55.1. The van der Waals surface area contributed by atoms with Crippen molar-refractivity contribution in [2.24, 2.45) is 0 Å². The smallest absolute Gasteiger partial charge is 0.462 e. The van der Waals surface area contributed by atoms with Crippen molar-refractivity contribution in [1.29, 1.82) is 0 Å². The lowest BCUT2D eigenvalue weighted by atomic mass is 9.85. The number of allylic oxidation sites excluding steroid dienone is 3. The number of rotatable bonds is 39. The van der Waals surface area contributed by atoms with Crippen LogP contribution in [0.3, 0.4) is 0 Å². The molecule has 1 saturated carbocycles. The summed E-state index contributed by atoms with van der Waals surface area (Å²) in [5.74, 6) is -1.23. The molecule has 0 aromatic heterocycles. The van der Waals surface area contributed by atoms with Crippen LogP contribution in [-0.2, 0) is 46.5 Å². The second-order valence-corrected chi connectivity index (χ2v) is 19.8. The van der Waals surface area contributed by atoms with Gasteiger partial charge in [0.25, 0.3) is 0 Å². The standard InChI is InChI=1S/C45H82O17P2/c1-3-5-7-8-9-10-11-12-13-14-15-16-21-24-28-32-39(47)59-35(34-58-64(55,56)62-45-42(50)40(48)41(49)44(43(45)51)61-63(52,53)54)33-57-38(46)31-27-23-20-18-17-19-22-26-30-37-36(60-37)29-25-6-4-2/h12-13,22,26,35-37,40-45,48-51H,3-11,14-21,23-25,27-34H2,1-2H3,(H,55,56)(H2,52,53,54)/b13-12-,26-22-/t35-,36?,37?,40?,41?,42?,43?,44-,45+/m1/s1. The number of carbonyl (C=O) groups excluding carboxylic acids is 2. The van der Waals surface area contributed by atoms with Crippen LogP contribution in [0.2, 0.25) is 0 Å². The van der Waals surface area contributed by atoms with E-state index >= 15 is 0 Å². The number of esters is 2. The summed E-state index contributed by atoms with van der Waals surface area (Å²) in [4.78, 5) is 54.3. The zero-order valence-electron chi connectivity index (χ0n) is 38.4. The fraction of sp³-hybridized carbons (Fsp3) is 0.867. The first-order valence-electron chi connectivity index (χ1n) is 24.0. The summed E-state index contributed by atoms with van der Waals surface area (Å²) >= 11 is 0. The van der Waals surface area contributed by atoms with Crippen LogP contribution >= 0.6 is 15.6 Å². The molecule has 10 atom stereocenters. The zero-order chi connectivity index (χ0) is 47.2. The third-order valence-electron chi connectivity index (χ3n) is 11.4. The highest BCUT2D eigenvalue weighted by molar-refractivity contribution is 7.47. The Balaban J connectivity index is 1.79. The van der Waals surface area contributed by atoms with Crippen LogP contribution in [0.15, 0.2) is 24.3 Å². The minimum atomic E-state index is -5.37. The third-order valence-corrected chi connectivity index (χ3v) is 12.9. The summed E-state index contributed by atoms with van der Waals surface area (Å²) in [6.45, 7) is 3.05. The minimum Gasteiger partial charge on any atom is -0.462 e. The van der Waals surface area contributed by atoms with Gasteiger partial charge in [-0.05, 0) is 64.2 Å². The maximum absolute atomic E-state index is 13.0. The molecule has 0 radical (unpaired) electrons. The summed E-state index contributed by atoms with van der Waals surface area (Å²) in [5.41, 5.74) is 0. The van der Waals surface area contributed by atoms with Crippen molar-refractivity contribution >= 4 is 27.6 Å². The van der Waals surface area contributed by atoms with Gasteiger partial charge in [0.15, 0.2) is 6.10 Å². The largest absolute Gasteiger partial charge is 0.472 e. The Kier molecular flexibility index (Phi) is 31.0. The van der Waals surface area contributed by atoms with Crippen molar-refractivity contribution < 1.29 is 81.6 Å². The van der Waals surface area contributed by atoms with Crippen LogP contribution in [0.4, 0.5) is 0 Å². The van der Waals surface area contributed by atoms with Gasteiger partial charge in [-0.1, -0.05) is 128 Å². The van der Waals surface area contributed by atoms with Crippen molar-refractivity contribution in [1.82, 2.24) is 0 Å². The molecule has 17 nitrogen and oxygen atoms in total. The highest BCUT2D eigenvalue weighted by Crippen LogP contribution is 2.49. The number of hydrogen-bond acceptors (Lipinski definition) is 14. The zero-order valence-corrected chi connectivity index (χ0v) is 40.2. The van der Waals surface area contributed by atoms with Crippen LogP contribution in [0.5, 0.6) is 0 Å². The van der Waals surface area contributed by atoms with Gasteiger partial charge in [-0.3, -0.25) is 23.2 Å². The lowest BCUT2D eigenvalue weighted by molar-refractivity contribution is -0.216. The first-order chi connectivity index (χ1) is 30.6. The Morgan fingerprint density at radius 2 is 1.05 bits per heavy atom. The Labute approximate surface area is 381 Å². The topological polar surface area (TPSA) is 269 Å². The number of phosphoric ester groups is 2. The molecule has 0 bridgehead atoms. The summed E-state index contributed by atoms with van der Waals surface area (Å²) in [6, 6.07) is 0. The van der Waals surface area contributed by atoms with Gasteiger partial charge in [-0.25, -0.2) is 9.13 Å². The maximum Gasteiger partial charge on any atom is 0.472 e. The Morgan fingerprint density at radius 3 is 1.61 bits per heavy atom. The molecule has 7 N–H and O–H groups in total. The average Bonchev–Trinajstić information content (AvgIpc) is 4.00. The number of aliphatic hydroxyl groups excluding tert-OH is 4. The second-order valence-electron chi connectivity index (χ2n) is 17.2. The van der Waals surface area contributed by atoms with Crippen LogP contribution in [-0.4, -0.2) is 115 Å². The van der Waals surface area contributed by atoms with Gasteiger partial charge in [-0.2, -0.15) is 0 Å². The summed E-state index contributed by atoms with van der Waals surface area (Å²) in [6.07, 6.45) is 20.2. The maximum atomic E-state index is 13.0. The van der Waals surface area contributed by atoms with E-state index in [1.807, 2.05) is 0 Å². The summed E-state index contributed by atoms with van der Waals surface area (Å²) in [5, 5.41) is 41.2. The van der Waals surface area contributed by atoms with E-state index in [0.29, 0.717) is 25.0 Å². The van der Waals surface area contributed by atoms with Crippen LogP contribution in [0.25, 0.3) is 0 Å². The minimum absolute atomic E-state index is 0.0296. The number of unbranched alkanes of at least 4 members (excludes halogenated alkanes) is 18. The fourth-order valence-electron chi connectivity index (χ4n) is 7.56. The molecule has 1 aliphatic heterocycles. The molecule has 19 heteroatoms. The lowest BCUT2D eigenvalue weighted by Crippen LogP contribution is -2.64. The predicted molar refractivity (Wildman–Crippen MR) is 241 cm³/mol. The van der Waals surface area contributed by atoms with E-state index in [-0.39, 0.29) is 12.8 Å². The number of hydrogen-bond donors (Lipinski definition) is 7. The normalized spacial score (nSPS) is 25.1. The third kappa shape index (κ3) is 27.3. The number of carbonyl (C=O) groups is 2. The SMILES string of the molecule is CCCCCCCC/C=C\CCCCCCCC(=O)O[C@H](COC(=O)CCCCCCC/C=C\CC1OC1CCCCC)COP(=O)(O)O[C@H]1C(O)C(O)C(O)[C@@H](OP(=O)(O)O)C1O. The molecule has 2 fully saturated rings. The van der Waals surface area contributed by atoms with Gasteiger partial charge in [-0.15, -0.1) is 0 Å². The monoisotopic (exact) mass is 957 g/mol. The molecule has 1 saturated heterocycles. The van der Waals surface area contributed by atoms with E-state index in [0.717, 1.165) is 83.5 Å². The molecule has 2 rings (SSSR count). The molecule has 374 valence electrons. The number of aliphatic hydroxyl groups is 4. The van der Waals surface area contributed by atoms with Crippen molar-refractivity contribution in [2.75, 3.05) is 13.2 Å². The molecule has 0 aromatic rings. The van der Waals surface area contributed by atoms with Gasteiger partial charge >= 0.3 is 27.6 Å². The molecule has 0 aromatic carbocycles. The van der Waals surface area contributed by atoms with E-state index < -0.39 is 83.5 Å². The van der Waals surface area contributed by atoms with E-state index in [4.69, 9.17) is 23.3 Å². The van der Waals surface area contributed by atoms with Gasteiger partial charge in [0.1, 0.15) is 43.2 Å². The van der Waals surface area contributed by atoms with Crippen LogP contribution in [0.1, 0.15) is 181 Å². The van der Waals surface area contributed by atoms with Crippen molar-refractivity contribution in [3.05, 3.63) is 24.3 Å². The molecule has 64 heavy (non-hydrogen) atoms. The van der Waals surface area contributed by atoms with E-state index in [9.17, 15) is 53.8 Å². The molecule has 0 spiro atoms. The van der Waals surface area contributed by atoms with E-state index in [1.54, 1.807) is 0 Å². The summed E-state index contributed by atoms with van der Waals surface area (Å²) in [7, 11) is -10.7. The first kappa shape index (κ1) is 58.6. The predicted octanol–water partition coefficient (Wildman–Crippen LogP) is 7.94. The highest BCUT2D eigenvalue weighted by Gasteiger charge is 2.54. The highest BCUT2D eigenvalue weighted by atomic mass is 31.2. The van der Waals surface area contributed by atoms with Crippen molar-refractivity contribution in [3.63, 3.8) is 0 Å². The van der Waals surface area contributed by atoms with Gasteiger partial charge in [0.2, 0.25) is 0 Å². The van der Waals surface area contributed by atoms with Gasteiger partial charge in [0, 0.05) is 12.8 Å². The fourth-order valence-corrected chi connectivity index (χ4v) is 9.10. The molecule has 1 aliphatic carbocycles. The van der Waals surface area contributed by atoms with Crippen molar-refractivity contribution in [3.8, 4) is 0 Å². The van der Waals surface area contributed by atoms with Crippen LogP contribution < -0.4 is 0 Å². The molecule has 7 unspecified atom stereocenters. The molecule has 0 amide bonds. The average molecular weight is 957 g/mol. The van der Waals surface area contributed by atoms with Gasteiger partial charge < -0.3 is 49.3 Å². The Bertz CT molecular complexity index is 1410. The van der Waals surface area contributed by atoms with Crippen LogP contribution in [0, 0.1) is 0 Å². The van der Waals surface area contributed by atoms with E-state index in [1.165, 1.54) is 57.8 Å². The molecular formula is C45H82O17P2. The molecule has 2 aliphatic rings. The number of phosphoric acid groups is 2.